The van der Waals surface area contributed by atoms with Gasteiger partial charge >= 0.3 is 0 Å². The van der Waals surface area contributed by atoms with Crippen LogP contribution in [0.25, 0.3) is 0 Å². The van der Waals surface area contributed by atoms with Crippen LogP contribution in [-0.2, 0) is 14.3 Å². The summed E-state index contributed by atoms with van der Waals surface area (Å²) in [5.74, 6) is 4.54. The van der Waals surface area contributed by atoms with Gasteiger partial charge in [0.15, 0.2) is 0 Å². The Bertz CT molecular complexity index is 809. The van der Waals surface area contributed by atoms with Crippen LogP contribution in [0.3, 0.4) is 0 Å². The van der Waals surface area contributed by atoms with Crippen molar-refractivity contribution in [3.8, 4) is 0 Å². The van der Waals surface area contributed by atoms with Crippen molar-refractivity contribution in [1.82, 2.24) is 0 Å². The van der Waals surface area contributed by atoms with Gasteiger partial charge in [0.25, 0.3) is 10.1 Å². The van der Waals surface area contributed by atoms with Gasteiger partial charge in [0.2, 0.25) is 0 Å². The third-order valence-corrected chi connectivity index (χ3v) is 11.9. The monoisotopic (exact) mass is 482 g/mol. The van der Waals surface area contributed by atoms with Crippen molar-refractivity contribution in [2.24, 2.45) is 46.3 Å². The number of aliphatic hydroxyl groups is 1. The van der Waals surface area contributed by atoms with Gasteiger partial charge in [0.1, 0.15) is 0 Å². The van der Waals surface area contributed by atoms with E-state index in [4.69, 9.17) is 4.18 Å². The van der Waals surface area contributed by atoms with Crippen LogP contribution >= 0.6 is 0 Å². The summed E-state index contributed by atoms with van der Waals surface area (Å²) >= 11 is 0. The van der Waals surface area contributed by atoms with Crippen LogP contribution in [0, 0.1) is 46.3 Å². The summed E-state index contributed by atoms with van der Waals surface area (Å²) in [7, 11) is -3.49. The molecule has 0 saturated heterocycles. The minimum atomic E-state index is -3.49. The molecule has 1 N–H and O–H groups in total. The van der Waals surface area contributed by atoms with E-state index in [1.165, 1.54) is 44.9 Å². The van der Waals surface area contributed by atoms with E-state index in [1.807, 2.05) is 0 Å². The average Bonchev–Trinajstić information content (AvgIpc) is 3.04. The predicted molar refractivity (Wildman–Crippen MR) is 134 cm³/mol. The SMILES string of the molecule is CC(C)CCC[C@@H](C)[C@H]1CC[C@H]2[C@@H]3CC[C@@]4(O)C[C@H](OS(C)(=O)=O)CC[C@]4(C)[C@H]3CC[C@]12C. The lowest BCUT2D eigenvalue weighted by molar-refractivity contribution is -0.217. The Morgan fingerprint density at radius 3 is 2.33 bits per heavy atom. The van der Waals surface area contributed by atoms with Crippen molar-refractivity contribution < 1.29 is 17.7 Å². The molecule has 4 fully saturated rings. The summed E-state index contributed by atoms with van der Waals surface area (Å²) in [4.78, 5) is 0. The normalized spacial score (nSPS) is 46.5. The average molecular weight is 483 g/mol. The lowest BCUT2D eigenvalue weighted by Gasteiger charge is -2.64. The third-order valence-electron chi connectivity index (χ3n) is 11.3. The van der Waals surface area contributed by atoms with Crippen LogP contribution in [0.15, 0.2) is 0 Å². The second-order valence-electron chi connectivity index (χ2n) is 13.6. The second-order valence-corrected chi connectivity index (χ2v) is 15.2. The molecule has 0 bridgehead atoms. The van der Waals surface area contributed by atoms with E-state index in [1.54, 1.807) is 0 Å². The zero-order valence-corrected chi connectivity index (χ0v) is 22.9. The summed E-state index contributed by atoms with van der Waals surface area (Å²) in [6, 6.07) is 0. The van der Waals surface area contributed by atoms with Gasteiger partial charge in [-0.3, -0.25) is 4.18 Å². The van der Waals surface area contributed by atoms with Crippen LogP contribution in [0.1, 0.15) is 112 Å². The van der Waals surface area contributed by atoms with E-state index in [-0.39, 0.29) is 11.5 Å². The first-order valence-corrected chi connectivity index (χ1v) is 15.7. The Balaban J connectivity index is 1.47. The van der Waals surface area contributed by atoms with Crippen molar-refractivity contribution >= 4 is 10.1 Å². The summed E-state index contributed by atoms with van der Waals surface area (Å²) in [5, 5.41) is 11.9. The molecule has 0 aromatic rings. The minimum absolute atomic E-state index is 0.115. The standard InChI is InChI=1S/C28H50O4S/c1-19(2)8-7-9-20(3)23-10-11-24-22-13-17-28(29)18-21(32-33(6,30)31)12-16-27(28,5)25(22)14-15-26(23,24)4/h19-25,29H,7-18H2,1-6H3/t20-,21-,22+,23-,24+,25+,26-,27-,28-/m1/s1. The van der Waals surface area contributed by atoms with Crippen LogP contribution in [0.2, 0.25) is 0 Å². The van der Waals surface area contributed by atoms with Gasteiger partial charge < -0.3 is 5.11 Å². The summed E-state index contributed by atoms with van der Waals surface area (Å²) in [6.07, 6.45) is 14.1. The highest BCUT2D eigenvalue weighted by Gasteiger charge is 2.64. The number of hydrogen-bond donors (Lipinski definition) is 1. The quantitative estimate of drug-likeness (QED) is 0.417. The first-order chi connectivity index (χ1) is 15.3. The highest BCUT2D eigenvalue weighted by molar-refractivity contribution is 7.86. The summed E-state index contributed by atoms with van der Waals surface area (Å²) in [5.41, 5.74) is -0.450. The van der Waals surface area contributed by atoms with Crippen LogP contribution in [0.4, 0.5) is 0 Å². The van der Waals surface area contributed by atoms with E-state index >= 15 is 0 Å². The molecule has 33 heavy (non-hydrogen) atoms. The van der Waals surface area contributed by atoms with E-state index < -0.39 is 15.7 Å². The number of rotatable bonds is 7. The molecule has 0 heterocycles. The molecule has 9 atom stereocenters. The molecule has 4 saturated carbocycles. The second kappa shape index (κ2) is 9.07. The Kier molecular flexibility index (Phi) is 7.13. The molecule has 192 valence electrons. The Labute approximate surface area is 203 Å². The van der Waals surface area contributed by atoms with Crippen molar-refractivity contribution in [2.45, 2.75) is 123 Å². The van der Waals surface area contributed by atoms with Crippen LogP contribution in [0.5, 0.6) is 0 Å². The van der Waals surface area contributed by atoms with Gasteiger partial charge in [-0.05, 0) is 97.7 Å². The van der Waals surface area contributed by atoms with Crippen molar-refractivity contribution in [1.29, 1.82) is 0 Å². The van der Waals surface area contributed by atoms with Gasteiger partial charge in [-0.2, -0.15) is 8.42 Å². The molecule has 5 heteroatoms. The Morgan fingerprint density at radius 2 is 1.67 bits per heavy atom. The van der Waals surface area contributed by atoms with E-state index in [0.29, 0.717) is 23.7 Å². The van der Waals surface area contributed by atoms with Gasteiger partial charge in [0.05, 0.1) is 18.0 Å². The molecule has 0 aromatic carbocycles. The molecular formula is C28H50O4S. The highest BCUT2D eigenvalue weighted by Crippen LogP contribution is 2.69. The lowest BCUT2D eigenvalue weighted by Crippen LogP contribution is -2.63. The van der Waals surface area contributed by atoms with Crippen molar-refractivity contribution in [3.05, 3.63) is 0 Å². The number of hydrogen-bond acceptors (Lipinski definition) is 4. The fourth-order valence-corrected chi connectivity index (χ4v) is 10.2. The summed E-state index contributed by atoms with van der Waals surface area (Å²) in [6.45, 7) is 12.1. The van der Waals surface area contributed by atoms with E-state index in [0.717, 1.165) is 55.6 Å². The van der Waals surface area contributed by atoms with Crippen molar-refractivity contribution in [3.63, 3.8) is 0 Å². The smallest absolute Gasteiger partial charge is 0.264 e. The molecular weight excluding hydrogens is 432 g/mol. The maximum Gasteiger partial charge on any atom is 0.264 e. The lowest BCUT2D eigenvalue weighted by atomic mass is 9.43. The molecule has 4 aliphatic rings. The molecule has 0 aromatic heterocycles. The molecule has 0 aliphatic heterocycles. The van der Waals surface area contributed by atoms with Gasteiger partial charge in [-0.15, -0.1) is 0 Å². The number of fused-ring (bicyclic) bond motifs is 5. The molecule has 4 nitrogen and oxygen atoms in total. The largest absolute Gasteiger partial charge is 0.389 e. The van der Waals surface area contributed by atoms with Crippen molar-refractivity contribution in [2.75, 3.05) is 6.26 Å². The molecule has 0 amide bonds. The van der Waals surface area contributed by atoms with E-state index in [2.05, 4.69) is 34.6 Å². The summed E-state index contributed by atoms with van der Waals surface area (Å²) < 4.78 is 28.8. The predicted octanol–water partition coefficient (Wildman–Crippen LogP) is 6.57. The third kappa shape index (κ3) is 4.69. The first kappa shape index (κ1) is 25.9. The first-order valence-electron chi connectivity index (χ1n) is 13.9. The van der Waals surface area contributed by atoms with Gasteiger partial charge in [-0.25, -0.2) is 0 Å². The minimum Gasteiger partial charge on any atom is -0.389 e. The van der Waals surface area contributed by atoms with Crippen LogP contribution < -0.4 is 0 Å². The molecule has 0 spiro atoms. The fourth-order valence-electron chi connectivity index (χ4n) is 9.56. The van der Waals surface area contributed by atoms with E-state index in [9.17, 15) is 13.5 Å². The zero-order valence-electron chi connectivity index (χ0n) is 22.1. The maximum atomic E-state index is 11.9. The Morgan fingerprint density at radius 1 is 0.939 bits per heavy atom. The molecule has 0 unspecified atom stereocenters. The topological polar surface area (TPSA) is 63.6 Å². The Hall–Kier alpha value is -0.130. The zero-order chi connectivity index (χ0) is 24.2. The van der Waals surface area contributed by atoms with Gasteiger partial charge in [-0.1, -0.05) is 53.9 Å². The molecule has 4 rings (SSSR count). The maximum absolute atomic E-state index is 11.9. The molecule has 0 radical (unpaired) electrons. The highest BCUT2D eigenvalue weighted by atomic mass is 32.2. The van der Waals surface area contributed by atoms with Crippen LogP contribution in [-0.4, -0.2) is 31.5 Å². The fraction of sp³-hybridized carbons (Fsp3) is 1.00. The molecule has 4 aliphatic carbocycles. The van der Waals surface area contributed by atoms with Gasteiger partial charge in [0, 0.05) is 6.42 Å².